The Morgan fingerprint density at radius 1 is 1.15 bits per heavy atom. The number of aliphatic hydroxyl groups excluding tert-OH is 1. The maximum Gasteiger partial charge on any atom is 0.0750 e. The zero-order chi connectivity index (χ0) is 9.42. The third-order valence-electron chi connectivity index (χ3n) is 2.66. The van der Waals surface area contributed by atoms with E-state index in [0.29, 0.717) is 6.42 Å². The van der Waals surface area contributed by atoms with Crippen LogP contribution in [0.1, 0.15) is 29.6 Å². The Hall–Kier alpha value is -0.900. The first-order valence-electron chi connectivity index (χ1n) is 4.48. The topological polar surface area (TPSA) is 72.3 Å². The maximum absolute atomic E-state index is 9.59. The van der Waals surface area contributed by atoms with Crippen molar-refractivity contribution in [3.8, 4) is 0 Å². The molecule has 0 bridgehead atoms. The van der Waals surface area contributed by atoms with Crippen molar-refractivity contribution in [3.63, 3.8) is 0 Å². The third-order valence-corrected chi connectivity index (χ3v) is 2.66. The van der Waals surface area contributed by atoms with Gasteiger partial charge in [-0.15, -0.1) is 0 Å². The lowest BCUT2D eigenvalue weighted by Crippen LogP contribution is -2.35. The van der Waals surface area contributed by atoms with Crippen LogP contribution in [0.2, 0.25) is 0 Å². The van der Waals surface area contributed by atoms with Crippen molar-refractivity contribution in [2.75, 3.05) is 0 Å². The molecule has 0 radical (unpaired) electrons. The van der Waals surface area contributed by atoms with Gasteiger partial charge in [0.05, 0.1) is 12.1 Å². The Balaban J connectivity index is 2.47. The second kappa shape index (κ2) is 3.10. The van der Waals surface area contributed by atoms with Gasteiger partial charge in [0, 0.05) is 6.04 Å². The first-order chi connectivity index (χ1) is 6.20. The molecule has 1 aromatic rings. The van der Waals surface area contributed by atoms with Gasteiger partial charge in [0.2, 0.25) is 0 Å². The molecule has 3 nitrogen and oxygen atoms in total. The summed E-state index contributed by atoms with van der Waals surface area (Å²) in [7, 11) is 0. The summed E-state index contributed by atoms with van der Waals surface area (Å²) in [5.41, 5.74) is 13.8. The van der Waals surface area contributed by atoms with Crippen molar-refractivity contribution < 1.29 is 5.11 Å². The molecule has 0 fully saturated rings. The van der Waals surface area contributed by atoms with E-state index in [4.69, 9.17) is 11.5 Å². The van der Waals surface area contributed by atoms with E-state index >= 15 is 0 Å². The Labute approximate surface area is 77.4 Å². The van der Waals surface area contributed by atoms with Crippen molar-refractivity contribution in [1.82, 2.24) is 0 Å². The Morgan fingerprint density at radius 3 is 2.46 bits per heavy atom. The van der Waals surface area contributed by atoms with Gasteiger partial charge in [-0.3, -0.25) is 0 Å². The highest BCUT2D eigenvalue weighted by atomic mass is 16.3. The number of benzene rings is 1. The highest BCUT2D eigenvalue weighted by molar-refractivity contribution is 5.35. The van der Waals surface area contributed by atoms with Gasteiger partial charge in [0.15, 0.2) is 0 Å². The highest BCUT2D eigenvalue weighted by Gasteiger charge is 2.28. The van der Waals surface area contributed by atoms with Crippen LogP contribution < -0.4 is 11.5 Å². The largest absolute Gasteiger partial charge is 0.391 e. The highest BCUT2D eigenvalue weighted by Crippen LogP contribution is 2.33. The predicted molar refractivity (Wildman–Crippen MR) is 50.9 cm³/mol. The summed E-state index contributed by atoms with van der Waals surface area (Å²) in [6.45, 7) is 0. The molecule has 2 rings (SSSR count). The lowest BCUT2D eigenvalue weighted by Gasteiger charge is -2.31. The smallest absolute Gasteiger partial charge is 0.0750 e. The van der Waals surface area contributed by atoms with E-state index < -0.39 is 6.10 Å². The molecular formula is C10H14N2O. The fourth-order valence-electron chi connectivity index (χ4n) is 1.89. The fraction of sp³-hybridized carbons (Fsp3) is 0.400. The standard InChI is InChI=1S/C10H14N2O/c11-8-5-9(13)10(12)7-4-2-1-3-6(7)8/h1-4,8-10,13H,5,11-12H2/t8-,9-,10-/m0/s1. The molecule has 3 atom stereocenters. The van der Waals surface area contributed by atoms with Crippen LogP contribution in [0.4, 0.5) is 0 Å². The van der Waals surface area contributed by atoms with Gasteiger partial charge in [-0.2, -0.15) is 0 Å². The Morgan fingerprint density at radius 2 is 1.77 bits per heavy atom. The molecule has 5 N–H and O–H groups in total. The lowest BCUT2D eigenvalue weighted by molar-refractivity contribution is 0.117. The first-order valence-corrected chi connectivity index (χ1v) is 4.48. The number of nitrogens with two attached hydrogens (primary N) is 2. The van der Waals surface area contributed by atoms with Crippen LogP contribution in [0.25, 0.3) is 0 Å². The van der Waals surface area contributed by atoms with E-state index in [-0.39, 0.29) is 12.1 Å². The van der Waals surface area contributed by atoms with Gasteiger partial charge < -0.3 is 16.6 Å². The molecule has 0 saturated heterocycles. The van der Waals surface area contributed by atoms with Crippen LogP contribution in [-0.4, -0.2) is 11.2 Å². The zero-order valence-electron chi connectivity index (χ0n) is 7.35. The molecule has 0 unspecified atom stereocenters. The SMILES string of the molecule is N[C@H]1C[C@H](O)[C@@H](N)c2ccccc21. The van der Waals surface area contributed by atoms with Crippen LogP contribution in [0.5, 0.6) is 0 Å². The van der Waals surface area contributed by atoms with E-state index in [1.807, 2.05) is 24.3 Å². The summed E-state index contributed by atoms with van der Waals surface area (Å²) in [6, 6.07) is 7.42. The van der Waals surface area contributed by atoms with Crippen molar-refractivity contribution >= 4 is 0 Å². The van der Waals surface area contributed by atoms with Crippen LogP contribution in [0.15, 0.2) is 24.3 Å². The van der Waals surface area contributed by atoms with E-state index in [0.717, 1.165) is 11.1 Å². The molecule has 70 valence electrons. The number of hydrogen-bond donors (Lipinski definition) is 3. The molecule has 1 aliphatic rings. The zero-order valence-corrected chi connectivity index (χ0v) is 7.35. The van der Waals surface area contributed by atoms with Gasteiger partial charge in [0.1, 0.15) is 0 Å². The number of aliphatic hydroxyl groups is 1. The monoisotopic (exact) mass is 178 g/mol. The molecule has 0 aliphatic heterocycles. The van der Waals surface area contributed by atoms with Gasteiger partial charge in [-0.1, -0.05) is 24.3 Å². The Kier molecular flexibility index (Phi) is 2.07. The second-order valence-corrected chi connectivity index (χ2v) is 3.56. The summed E-state index contributed by atoms with van der Waals surface area (Å²) in [5, 5.41) is 9.59. The minimum atomic E-state index is -0.509. The molecule has 0 saturated carbocycles. The summed E-state index contributed by atoms with van der Waals surface area (Å²) in [4.78, 5) is 0. The van der Waals surface area contributed by atoms with Crippen molar-refractivity contribution in [3.05, 3.63) is 35.4 Å². The molecular weight excluding hydrogens is 164 g/mol. The third kappa shape index (κ3) is 1.35. The number of fused-ring (bicyclic) bond motifs is 1. The maximum atomic E-state index is 9.59. The Bertz CT molecular complexity index is 314. The minimum Gasteiger partial charge on any atom is -0.391 e. The number of hydrogen-bond acceptors (Lipinski definition) is 3. The lowest BCUT2D eigenvalue weighted by atomic mass is 9.83. The van der Waals surface area contributed by atoms with E-state index in [1.54, 1.807) is 0 Å². The van der Waals surface area contributed by atoms with Crippen molar-refractivity contribution in [2.45, 2.75) is 24.6 Å². The molecule has 0 heterocycles. The van der Waals surface area contributed by atoms with Crippen LogP contribution in [-0.2, 0) is 0 Å². The van der Waals surface area contributed by atoms with Gasteiger partial charge in [-0.25, -0.2) is 0 Å². The van der Waals surface area contributed by atoms with E-state index in [1.165, 1.54) is 0 Å². The fourth-order valence-corrected chi connectivity index (χ4v) is 1.89. The quantitative estimate of drug-likeness (QED) is 0.540. The predicted octanol–water partition coefficient (Wildman–Crippen LogP) is 0.451. The number of rotatable bonds is 0. The molecule has 13 heavy (non-hydrogen) atoms. The summed E-state index contributed by atoms with van der Waals surface area (Å²) < 4.78 is 0. The average molecular weight is 178 g/mol. The summed E-state index contributed by atoms with van der Waals surface area (Å²) >= 11 is 0. The molecule has 1 aliphatic carbocycles. The first kappa shape index (κ1) is 8.69. The van der Waals surface area contributed by atoms with Crippen LogP contribution >= 0.6 is 0 Å². The normalized spacial score (nSPS) is 32.7. The van der Waals surface area contributed by atoms with E-state index in [2.05, 4.69) is 0 Å². The van der Waals surface area contributed by atoms with Gasteiger partial charge >= 0.3 is 0 Å². The second-order valence-electron chi connectivity index (χ2n) is 3.56. The van der Waals surface area contributed by atoms with Crippen LogP contribution in [0.3, 0.4) is 0 Å². The molecule has 0 aromatic heterocycles. The summed E-state index contributed by atoms with van der Waals surface area (Å²) in [6.07, 6.45) is 0.0444. The van der Waals surface area contributed by atoms with Crippen molar-refractivity contribution in [1.29, 1.82) is 0 Å². The van der Waals surface area contributed by atoms with Crippen molar-refractivity contribution in [2.24, 2.45) is 11.5 Å². The molecule has 1 aromatic carbocycles. The van der Waals surface area contributed by atoms with Gasteiger partial charge in [-0.05, 0) is 17.5 Å². The average Bonchev–Trinajstić information content (AvgIpc) is 2.15. The van der Waals surface area contributed by atoms with Gasteiger partial charge in [0.25, 0.3) is 0 Å². The van der Waals surface area contributed by atoms with E-state index in [9.17, 15) is 5.11 Å². The molecule has 0 amide bonds. The van der Waals surface area contributed by atoms with Crippen LogP contribution in [0, 0.1) is 0 Å². The summed E-state index contributed by atoms with van der Waals surface area (Å²) in [5.74, 6) is 0. The molecule has 3 heteroatoms. The minimum absolute atomic E-state index is 0.0778. The molecule has 0 spiro atoms.